The van der Waals surface area contributed by atoms with E-state index in [1.807, 2.05) is 0 Å². The van der Waals surface area contributed by atoms with Crippen LogP contribution in [0.5, 0.6) is 0 Å². The molecule has 0 bridgehead atoms. The predicted molar refractivity (Wildman–Crippen MR) is 73.5 cm³/mol. The summed E-state index contributed by atoms with van der Waals surface area (Å²) in [4.78, 5) is 30.2. The molecule has 1 aliphatic heterocycles. The molecule has 0 radical (unpaired) electrons. The van der Waals surface area contributed by atoms with Crippen LogP contribution in [0, 0.1) is 0 Å². The number of urea groups is 1. The predicted octanol–water partition coefficient (Wildman–Crippen LogP) is 0.706. The van der Waals surface area contributed by atoms with Crippen molar-refractivity contribution in [3.05, 3.63) is 24.5 Å². The van der Waals surface area contributed by atoms with Gasteiger partial charge in [0, 0.05) is 38.9 Å². The van der Waals surface area contributed by atoms with E-state index in [9.17, 15) is 9.59 Å². The summed E-state index contributed by atoms with van der Waals surface area (Å²) in [7, 11) is 0. The number of aromatic nitrogens is 1. The van der Waals surface area contributed by atoms with Gasteiger partial charge in [0.1, 0.15) is 0 Å². The Bertz CT molecular complexity index is 458. The van der Waals surface area contributed by atoms with Crippen LogP contribution in [0.4, 0.5) is 10.5 Å². The van der Waals surface area contributed by atoms with E-state index >= 15 is 0 Å². The van der Waals surface area contributed by atoms with E-state index in [2.05, 4.69) is 15.2 Å². The number of nitrogens with one attached hydrogen (secondary N) is 1. The van der Waals surface area contributed by atoms with Crippen molar-refractivity contribution in [3.8, 4) is 0 Å². The Kier molecular flexibility index (Phi) is 4.89. The first-order chi connectivity index (χ1) is 9.65. The minimum atomic E-state index is -0.790. The first-order valence-electron chi connectivity index (χ1n) is 6.55. The van der Waals surface area contributed by atoms with Gasteiger partial charge in [0.15, 0.2) is 0 Å². The second kappa shape index (κ2) is 6.85. The third-order valence-electron chi connectivity index (χ3n) is 3.21. The summed E-state index contributed by atoms with van der Waals surface area (Å²) < 4.78 is 0. The SMILES string of the molecule is O=C(O)CCN1CCN(C(=O)Nc2cccnc2)CC1. The van der Waals surface area contributed by atoms with Crippen LogP contribution >= 0.6 is 0 Å². The number of carboxylic acids is 1. The molecule has 1 aromatic heterocycles. The van der Waals surface area contributed by atoms with Gasteiger partial charge in [-0.2, -0.15) is 0 Å². The van der Waals surface area contributed by atoms with Crippen LogP contribution < -0.4 is 5.32 Å². The lowest BCUT2D eigenvalue weighted by Gasteiger charge is -2.34. The molecule has 1 saturated heterocycles. The average molecular weight is 278 g/mol. The highest BCUT2D eigenvalue weighted by Gasteiger charge is 2.21. The standard InChI is InChI=1S/C13H18N4O3/c18-12(19)3-5-16-6-8-17(9-7-16)13(20)15-11-2-1-4-14-10-11/h1-2,4,10H,3,5-9H2,(H,15,20)(H,18,19). The monoisotopic (exact) mass is 278 g/mol. The molecule has 2 heterocycles. The molecule has 7 nitrogen and oxygen atoms in total. The van der Waals surface area contributed by atoms with E-state index in [-0.39, 0.29) is 12.5 Å². The van der Waals surface area contributed by atoms with Crippen LogP contribution in [0.3, 0.4) is 0 Å². The number of hydrogen-bond acceptors (Lipinski definition) is 4. The Balaban J connectivity index is 1.76. The van der Waals surface area contributed by atoms with Crippen molar-refractivity contribution in [2.45, 2.75) is 6.42 Å². The highest BCUT2D eigenvalue weighted by molar-refractivity contribution is 5.89. The van der Waals surface area contributed by atoms with Gasteiger partial charge in [-0.1, -0.05) is 0 Å². The van der Waals surface area contributed by atoms with Crippen molar-refractivity contribution in [3.63, 3.8) is 0 Å². The molecule has 2 N–H and O–H groups in total. The molecule has 0 spiro atoms. The average Bonchev–Trinajstić information content (AvgIpc) is 2.46. The van der Waals surface area contributed by atoms with Gasteiger partial charge in [-0.25, -0.2) is 4.79 Å². The molecule has 7 heteroatoms. The Hall–Kier alpha value is -2.15. The molecule has 1 fully saturated rings. The largest absolute Gasteiger partial charge is 0.481 e. The van der Waals surface area contributed by atoms with E-state index in [1.54, 1.807) is 29.4 Å². The molecule has 108 valence electrons. The summed E-state index contributed by atoms with van der Waals surface area (Å²) in [6.45, 7) is 3.15. The van der Waals surface area contributed by atoms with Gasteiger partial charge < -0.3 is 15.3 Å². The number of rotatable bonds is 4. The maximum absolute atomic E-state index is 12.0. The summed E-state index contributed by atoms with van der Waals surface area (Å²) in [6, 6.07) is 3.41. The smallest absolute Gasteiger partial charge is 0.321 e. The first-order valence-corrected chi connectivity index (χ1v) is 6.55. The van der Waals surface area contributed by atoms with Crippen LogP contribution in [-0.4, -0.2) is 64.6 Å². The van der Waals surface area contributed by atoms with Crippen LogP contribution in [-0.2, 0) is 4.79 Å². The fraction of sp³-hybridized carbons (Fsp3) is 0.462. The molecule has 20 heavy (non-hydrogen) atoms. The third-order valence-corrected chi connectivity index (χ3v) is 3.21. The van der Waals surface area contributed by atoms with E-state index in [4.69, 9.17) is 5.11 Å². The highest BCUT2D eigenvalue weighted by atomic mass is 16.4. The molecule has 1 aliphatic rings. The van der Waals surface area contributed by atoms with Crippen LogP contribution in [0.1, 0.15) is 6.42 Å². The maximum atomic E-state index is 12.0. The van der Waals surface area contributed by atoms with Gasteiger partial charge in [0.25, 0.3) is 0 Å². The summed E-state index contributed by atoms with van der Waals surface area (Å²) in [5, 5.41) is 11.4. The molecule has 2 amide bonds. The van der Waals surface area contributed by atoms with E-state index in [0.29, 0.717) is 38.4 Å². The number of carbonyl (C=O) groups excluding carboxylic acids is 1. The minimum absolute atomic E-state index is 0.141. The van der Waals surface area contributed by atoms with Gasteiger partial charge in [-0.15, -0.1) is 0 Å². The summed E-state index contributed by atoms with van der Waals surface area (Å²) >= 11 is 0. The third kappa shape index (κ3) is 4.20. The van der Waals surface area contributed by atoms with Crippen molar-refractivity contribution in [1.82, 2.24) is 14.8 Å². The quantitative estimate of drug-likeness (QED) is 0.847. The fourth-order valence-electron chi connectivity index (χ4n) is 2.07. The molecule has 1 aromatic rings. The minimum Gasteiger partial charge on any atom is -0.481 e. The van der Waals surface area contributed by atoms with E-state index in [1.165, 1.54) is 0 Å². The summed E-state index contributed by atoms with van der Waals surface area (Å²) in [5.74, 6) is -0.790. The second-order valence-electron chi connectivity index (χ2n) is 4.64. The van der Waals surface area contributed by atoms with Gasteiger partial charge >= 0.3 is 12.0 Å². The molecule has 0 saturated carbocycles. The molecule has 0 aliphatic carbocycles. The van der Waals surface area contributed by atoms with Crippen LogP contribution in [0.15, 0.2) is 24.5 Å². The van der Waals surface area contributed by atoms with Crippen molar-refractivity contribution < 1.29 is 14.7 Å². The van der Waals surface area contributed by atoms with E-state index < -0.39 is 5.97 Å². The van der Waals surface area contributed by atoms with Gasteiger partial charge in [-0.3, -0.25) is 14.7 Å². The molecule has 2 rings (SSSR count). The van der Waals surface area contributed by atoms with Gasteiger partial charge in [-0.05, 0) is 12.1 Å². The number of carboxylic acid groups (broad SMARTS) is 1. The summed E-state index contributed by atoms with van der Waals surface area (Å²) in [6.07, 6.45) is 3.39. The second-order valence-corrected chi connectivity index (χ2v) is 4.64. The highest BCUT2D eigenvalue weighted by Crippen LogP contribution is 2.07. The van der Waals surface area contributed by atoms with Crippen molar-refractivity contribution >= 4 is 17.7 Å². The summed E-state index contributed by atoms with van der Waals surface area (Å²) in [5.41, 5.74) is 0.672. The van der Waals surface area contributed by atoms with Crippen molar-refractivity contribution in [2.75, 3.05) is 38.0 Å². The number of carbonyl (C=O) groups is 2. The van der Waals surface area contributed by atoms with Crippen LogP contribution in [0.2, 0.25) is 0 Å². The first kappa shape index (κ1) is 14.3. The van der Waals surface area contributed by atoms with Crippen molar-refractivity contribution in [2.24, 2.45) is 0 Å². The number of anilines is 1. The number of aliphatic carboxylic acids is 1. The lowest BCUT2D eigenvalue weighted by Crippen LogP contribution is -2.50. The van der Waals surface area contributed by atoms with Gasteiger partial charge in [0.2, 0.25) is 0 Å². The molecule has 0 aromatic carbocycles. The Morgan fingerprint density at radius 3 is 2.65 bits per heavy atom. The topological polar surface area (TPSA) is 85.8 Å². The molecular weight excluding hydrogens is 260 g/mol. The Morgan fingerprint density at radius 2 is 2.05 bits per heavy atom. The zero-order valence-corrected chi connectivity index (χ0v) is 11.2. The Labute approximate surface area is 117 Å². The zero-order valence-electron chi connectivity index (χ0n) is 11.2. The molecule has 0 atom stereocenters. The van der Waals surface area contributed by atoms with Crippen molar-refractivity contribution in [1.29, 1.82) is 0 Å². The lowest BCUT2D eigenvalue weighted by molar-refractivity contribution is -0.137. The number of piperazine rings is 1. The normalized spacial score (nSPS) is 15.9. The number of pyridine rings is 1. The van der Waals surface area contributed by atoms with Crippen LogP contribution in [0.25, 0.3) is 0 Å². The van der Waals surface area contributed by atoms with E-state index in [0.717, 1.165) is 0 Å². The number of amides is 2. The lowest BCUT2D eigenvalue weighted by atomic mass is 10.3. The Morgan fingerprint density at radius 1 is 1.30 bits per heavy atom. The van der Waals surface area contributed by atoms with Gasteiger partial charge in [0.05, 0.1) is 18.3 Å². The maximum Gasteiger partial charge on any atom is 0.321 e. The number of nitrogens with zero attached hydrogens (tertiary/aromatic N) is 3. The number of hydrogen-bond donors (Lipinski definition) is 2. The molecular formula is C13H18N4O3. The molecule has 0 unspecified atom stereocenters. The fourth-order valence-corrected chi connectivity index (χ4v) is 2.07. The zero-order chi connectivity index (χ0) is 14.4.